The summed E-state index contributed by atoms with van der Waals surface area (Å²) in [6, 6.07) is 10.4. The number of ether oxygens (including phenoxy) is 1. The van der Waals surface area contributed by atoms with Gasteiger partial charge < -0.3 is 15.0 Å². The number of carbonyl (C=O) groups excluding carboxylic acids is 2. The number of benzene rings is 1. The number of nitrogens with zero attached hydrogens (tertiary/aromatic N) is 3. The van der Waals surface area contributed by atoms with Gasteiger partial charge >= 0.3 is 0 Å². The van der Waals surface area contributed by atoms with E-state index in [1.54, 1.807) is 0 Å². The average molecular weight is 449 g/mol. The number of aromatic nitrogens is 1. The summed E-state index contributed by atoms with van der Waals surface area (Å²) in [6.45, 7) is 5.80. The standard InChI is InChI=1S/C26H32N4O3/c31-21-9-6-19-4-3-5-23(22(19)18-21)30-15-13-29(14-16-30)12-1-2-17-33-25-11-8-20-7-10-24(32)27-26(20)28-25/h3-5,8,11H,1-2,6-7,9-10,12-18H2,(H,27,28,32). The lowest BCUT2D eigenvalue weighted by molar-refractivity contribution is -0.119. The second-order valence-electron chi connectivity index (χ2n) is 9.22. The second-order valence-corrected chi connectivity index (χ2v) is 9.22. The molecule has 1 N–H and O–H groups in total. The number of nitrogens with one attached hydrogen (secondary N) is 1. The Kier molecular flexibility index (Phi) is 6.58. The van der Waals surface area contributed by atoms with Crippen molar-refractivity contribution < 1.29 is 14.3 Å². The van der Waals surface area contributed by atoms with Gasteiger partial charge in [0.25, 0.3) is 0 Å². The van der Waals surface area contributed by atoms with Crippen LogP contribution < -0.4 is 15.0 Å². The molecule has 3 aliphatic rings. The number of fused-ring (bicyclic) bond motifs is 2. The first-order chi connectivity index (χ1) is 16.2. The number of hydrogen-bond acceptors (Lipinski definition) is 6. The monoisotopic (exact) mass is 448 g/mol. The number of unbranched alkanes of at least 4 members (excludes halogenated alkanes) is 1. The van der Waals surface area contributed by atoms with E-state index in [4.69, 9.17) is 4.74 Å². The topological polar surface area (TPSA) is 74.8 Å². The molecule has 0 bridgehead atoms. The first kappa shape index (κ1) is 21.9. The smallest absolute Gasteiger partial charge is 0.225 e. The fourth-order valence-electron chi connectivity index (χ4n) is 5.05. The van der Waals surface area contributed by atoms with Gasteiger partial charge in [-0.2, -0.15) is 4.98 Å². The summed E-state index contributed by atoms with van der Waals surface area (Å²) >= 11 is 0. The molecule has 174 valence electrons. The summed E-state index contributed by atoms with van der Waals surface area (Å²) in [5, 5.41) is 2.82. The summed E-state index contributed by atoms with van der Waals surface area (Å²) in [5.41, 5.74) is 4.95. The van der Waals surface area contributed by atoms with Gasteiger partial charge in [-0.15, -0.1) is 0 Å². The second kappa shape index (κ2) is 9.91. The lowest BCUT2D eigenvalue weighted by Crippen LogP contribution is -2.47. The van der Waals surface area contributed by atoms with Gasteiger partial charge in [0.15, 0.2) is 0 Å². The van der Waals surface area contributed by atoms with Gasteiger partial charge in [-0.3, -0.25) is 14.5 Å². The highest BCUT2D eigenvalue weighted by Gasteiger charge is 2.24. The lowest BCUT2D eigenvalue weighted by atomic mass is 9.89. The van der Waals surface area contributed by atoms with Crippen LogP contribution >= 0.6 is 0 Å². The minimum Gasteiger partial charge on any atom is -0.478 e. The molecule has 0 spiro atoms. The highest BCUT2D eigenvalue weighted by molar-refractivity contribution is 5.92. The van der Waals surface area contributed by atoms with E-state index in [1.165, 1.54) is 16.8 Å². The minimum absolute atomic E-state index is 0.0212. The quantitative estimate of drug-likeness (QED) is 0.657. The summed E-state index contributed by atoms with van der Waals surface area (Å²) in [5.74, 6) is 1.61. The van der Waals surface area contributed by atoms with Crippen LogP contribution in [0.2, 0.25) is 0 Å². The van der Waals surface area contributed by atoms with Crippen molar-refractivity contribution in [3.63, 3.8) is 0 Å². The molecule has 2 aliphatic heterocycles. The Balaban J connectivity index is 1.04. The molecule has 1 aromatic carbocycles. The number of carbonyl (C=O) groups is 2. The van der Waals surface area contributed by atoms with E-state index in [9.17, 15) is 9.59 Å². The van der Waals surface area contributed by atoms with Crippen molar-refractivity contribution in [3.8, 4) is 5.88 Å². The number of Topliss-reactive ketones (excluding diaryl/α,β-unsaturated/α-hetero) is 1. The molecule has 7 nitrogen and oxygen atoms in total. The summed E-state index contributed by atoms with van der Waals surface area (Å²) in [4.78, 5) is 33.0. The minimum atomic E-state index is 0.0212. The summed E-state index contributed by atoms with van der Waals surface area (Å²) in [6.07, 6.45) is 5.49. The SMILES string of the molecule is O=C1CCc2cccc(N3CCN(CCCCOc4ccc5c(n4)NC(=O)CC5)CC3)c2C1. The number of pyridine rings is 1. The number of piperazine rings is 1. The Morgan fingerprint density at radius 3 is 2.64 bits per heavy atom. The molecule has 1 aromatic heterocycles. The van der Waals surface area contributed by atoms with Gasteiger partial charge in [-0.05, 0) is 61.1 Å². The van der Waals surface area contributed by atoms with Gasteiger partial charge in [0.05, 0.1) is 6.61 Å². The third-order valence-electron chi connectivity index (χ3n) is 6.96. The van der Waals surface area contributed by atoms with Crippen LogP contribution in [0.5, 0.6) is 5.88 Å². The zero-order valence-electron chi connectivity index (χ0n) is 19.1. The summed E-state index contributed by atoms with van der Waals surface area (Å²) in [7, 11) is 0. The molecule has 33 heavy (non-hydrogen) atoms. The predicted octanol–water partition coefficient (Wildman–Crippen LogP) is 3.01. The van der Waals surface area contributed by atoms with Crippen LogP contribution in [0.15, 0.2) is 30.3 Å². The van der Waals surface area contributed by atoms with E-state index < -0.39 is 0 Å². The largest absolute Gasteiger partial charge is 0.478 e. The van der Waals surface area contributed by atoms with E-state index in [0.29, 0.717) is 43.4 Å². The Morgan fingerprint density at radius 2 is 1.76 bits per heavy atom. The van der Waals surface area contributed by atoms with E-state index in [2.05, 4.69) is 38.3 Å². The zero-order chi connectivity index (χ0) is 22.6. The van der Waals surface area contributed by atoms with Gasteiger partial charge in [-0.25, -0.2) is 0 Å². The van der Waals surface area contributed by atoms with Gasteiger partial charge in [0.1, 0.15) is 11.6 Å². The number of anilines is 2. The molecule has 5 rings (SSSR count). The molecule has 0 saturated carbocycles. The van der Waals surface area contributed by atoms with E-state index in [1.807, 2.05) is 12.1 Å². The predicted molar refractivity (Wildman–Crippen MR) is 128 cm³/mol. The maximum atomic E-state index is 12.0. The van der Waals surface area contributed by atoms with Crippen LogP contribution in [0, 0.1) is 0 Å². The van der Waals surface area contributed by atoms with Crippen molar-refractivity contribution >= 4 is 23.2 Å². The van der Waals surface area contributed by atoms with Crippen LogP contribution in [-0.2, 0) is 28.9 Å². The third-order valence-corrected chi connectivity index (χ3v) is 6.96. The lowest BCUT2D eigenvalue weighted by Gasteiger charge is -2.37. The molecule has 1 saturated heterocycles. The Morgan fingerprint density at radius 1 is 0.909 bits per heavy atom. The number of ketones is 1. The van der Waals surface area contributed by atoms with Crippen molar-refractivity contribution in [1.29, 1.82) is 0 Å². The normalized spacial score (nSPS) is 18.5. The number of amides is 1. The van der Waals surface area contributed by atoms with Gasteiger partial charge in [0.2, 0.25) is 11.8 Å². The molecular formula is C26H32N4O3. The first-order valence-electron chi connectivity index (χ1n) is 12.2. The van der Waals surface area contributed by atoms with Crippen LogP contribution in [0.1, 0.15) is 42.4 Å². The molecule has 3 heterocycles. The van der Waals surface area contributed by atoms with E-state index in [-0.39, 0.29) is 5.91 Å². The third kappa shape index (κ3) is 5.19. The number of rotatable bonds is 7. The molecule has 1 fully saturated rings. The fourth-order valence-corrected chi connectivity index (χ4v) is 5.05. The molecule has 1 amide bonds. The molecule has 7 heteroatoms. The maximum Gasteiger partial charge on any atom is 0.225 e. The van der Waals surface area contributed by atoms with Crippen LogP contribution in [0.4, 0.5) is 11.5 Å². The van der Waals surface area contributed by atoms with Crippen LogP contribution in [0.3, 0.4) is 0 Å². The first-order valence-corrected chi connectivity index (χ1v) is 12.2. The van der Waals surface area contributed by atoms with Gasteiger partial charge in [0, 0.05) is 57.2 Å². The Labute approximate surface area is 195 Å². The maximum absolute atomic E-state index is 12.0. The van der Waals surface area contributed by atoms with Crippen LogP contribution in [0.25, 0.3) is 0 Å². The van der Waals surface area contributed by atoms with Crippen molar-refractivity contribution in [3.05, 3.63) is 47.0 Å². The molecule has 0 unspecified atom stereocenters. The highest BCUT2D eigenvalue weighted by Crippen LogP contribution is 2.30. The molecule has 0 atom stereocenters. The van der Waals surface area contributed by atoms with Crippen molar-refractivity contribution in [2.45, 2.75) is 44.9 Å². The number of hydrogen-bond donors (Lipinski definition) is 1. The Bertz CT molecular complexity index is 1030. The average Bonchev–Trinajstić information content (AvgIpc) is 2.83. The Hall–Kier alpha value is -2.93. The van der Waals surface area contributed by atoms with Crippen molar-refractivity contribution in [2.24, 2.45) is 0 Å². The molecule has 1 aliphatic carbocycles. The highest BCUT2D eigenvalue weighted by atomic mass is 16.5. The molecule has 0 radical (unpaired) electrons. The fraction of sp³-hybridized carbons (Fsp3) is 0.500. The van der Waals surface area contributed by atoms with Crippen molar-refractivity contribution in [2.75, 3.05) is 49.5 Å². The molecule has 2 aromatic rings. The van der Waals surface area contributed by atoms with Gasteiger partial charge in [-0.1, -0.05) is 12.1 Å². The number of aryl methyl sites for hydroxylation is 2. The molecular weight excluding hydrogens is 416 g/mol. The van der Waals surface area contributed by atoms with E-state index in [0.717, 1.165) is 64.0 Å². The summed E-state index contributed by atoms with van der Waals surface area (Å²) < 4.78 is 5.82. The zero-order valence-corrected chi connectivity index (χ0v) is 19.1. The van der Waals surface area contributed by atoms with Crippen LogP contribution in [-0.4, -0.2) is 60.9 Å². The van der Waals surface area contributed by atoms with E-state index >= 15 is 0 Å². The van der Waals surface area contributed by atoms with Crippen molar-refractivity contribution in [1.82, 2.24) is 9.88 Å².